The molecule has 0 aromatic heterocycles. The lowest BCUT2D eigenvalue weighted by Gasteiger charge is -2.36. The maximum Gasteiger partial charge on any atom is 0.222 e. The van der Waals surface area contributed by atoms with E-state index >= 15 is 0 Å². The van der Waals surface area contributed by atoms with Crippen LogP contribution in [0.25, 0.3) is 0 Å². The summed E-state index contributed by atoms with van der Waals surface area (Å²) in [5.74, 6) is -1.01. The summed E-state index contributed by atoms with van der Waals surface area (Å²) in [6.45, 7) is 2.81. The summed E-state index contributed by atoms with van der Waals surface area (Å²) in [4.78, 5) is 22.7. The Morgan fingerprint density at radius 3 is 1.77 bits per heavy atom. The number of rotatable bonds is 10. The summed E-state index contributed by atoms with van der Waals surface area (Å²) in [6, 6.07) is 23.6. The number of carbonyl (C=O) groups excluding carboxylic acids is 2. The number of hydrogen-bond acceptors (Lipinski definition) is 10. The molecule has 0 radical (unpaired) electrons. The van der Waals surface area contributed by atoms with Crippen LogP contribution in [0.5, 0.6) is 5.75 Å². The van der Waals surface area contributed by atoms with Crippen molar-refractivity contribution in [1.29, 1.82) is 0 Å². The van der Waals surface area contributed by atoms with E-state index in [0.717, 1.165) is 11.4 Å². The van der Waals surface area contributed by atoms with E-state index in [1.165, 1.54) is 42.3 Å². The zero-order valence-corrected chi connectivity index (χ0v) is 25.5. The number of ether oxygens (including phenoxy) is 4. The number of nitrogens with zero attached hydrogens (tertiary/aromatic N) is 4. The van der Waals surface area contributed by atoms with Gasteiger partial charge < -0.3 is 29.6 Å². The lowest BCUT2D eigenvalue weighted by atomic mass is 9.98. The highest BCUT2D eigenvalue weighted by atomic mass is 16.7. The van der Waals surface area contributed by atoms with Crippen molar-refractivity contribution in [2.75, 3.05) is 33.8 Å². The number of nitrogens with one attached hydrogen (secondary N) is 2. The molecule has 0 heterocycles. The number of amides is 2. The molecule has 1 aliphatic carbocycles. The van der Waals surface area contributed by atoms with Gasteiger partial charge in [0.05, 0.1) is 25.6 Å². The van der Waals surface area contributed by atoms with Crippen LogP contribution in [0.1, 0.15) is 13.8 Å². The van der Waals surface area contributed by atoms with Crippen LogP contribution >= 0.6 is 0 Å². The second-order valence-electron chi connectivity index (χ2n) is 9.22. The summed E-state index contributed by atoms with van der Waals surface area (Å²) in [6.07, 6.45) is 3.22. The van der Waals surface area contributed by atoms with Gasteiger partial charge in [-0.1, -0.05) is 36.4 Å². The number of anilines is 1. The molecular formula is C32H36N6O6. The molecule has 0 saturated carbocycles. The lowest BCUT2D eigenvalue weighted by Crippen LogP contribution is -2.47. The molecule has 0 saturated heterocycles. The van der Waals surface area contributed by atoms with Gasteiger partial charge in [0.25, 0.3) is 0 Å². The van der Waals surface area contributed by atoms with E-state index in [1.54, 1.807) is 30.4 Å². The summed E-state index contributed by atoms with van der Waals surface area (Å²) < 4.78 is 22.0. The van der Waals surface area contributed by atoms with E-state index in [1.807, 2.05) is 60.7 Å². The first-order valence-electron chi connectivity index (χ1n) is 13.5. The van der Waals surface area contributed by atoms with E-state index in [9.17, 15) is 9.59 Å². The Morgan fingerprint density at radius 2 is 1.30 bits per heavy atom. The molecule has 2 amide bonds. The molecule has 1 atom stereocenters. The monoisotopic (exact) mass is 600 g/mol. The topological polar surface area (TPSA) is 145 Å². The molecule has 3 aromatic carbocycles. The Labute approximate surface area is 256 Å². The van der Waals surface area contributed by atoms with Gasteiger partial charge in [-0.15, -0.1) is 0 Å². The smallest absolute Gasteiger partial charge is 0.222 e. The van der Waals surface area contributed by atoms with E-state index in [-0.39, 0.29) is 11.8 Å². The van der Waals surface area contributed by atoms with E-state index in [0.29, 0.717) is 28.6 Å². The number of allylic oxidation sites excluding steroid dienone is 1. The van der Waals surface area contributed by atoms with Crippen LogP contribution < -0.4 is 15.4 Å². The molecule has 230 valence electrons. The van der Waals surface area contributed by atoms with Crippen LogP contribution in [0, 0.1) is 0 Å². The molecule has 2 N–H and O–H groups in total. The maximum absolute atomic E-state index is 11.5. The first-order valence-corrected chi connectivity index (χ1v) is 13.5. The first-order chi connectivity index (χ1) is 21.2. The molecular weight excluding hydrogens is 564 g/mol. The molecule has 1 aliphatic rings. The number of methoxy groups -OCH3 is 4. The fourth-order valence-electron chi connectivity index (χ4n) is 4.04. The van der Waals surface area contributed by atoms with Crippen molar-refractivity contribution in [2.45, 2.75) is 25.7 Å². The molecule has 12 nitrogen and oxygen atoms in total. The second-order valence-corrected chi connectivity index (χ2v) is 9.22. The SMILES string of the molecule is COC1=CC(NC(C)=O)=CC(OC)(OC)C1N=Nc1ccc(NC(C)=O)cc1OC.c1ccc(N=Nc2ccccc2)cc1. The normalized spacial score (nSPS) is 15.5. The summed E-state index contributed by atoms with van der Waals surface area (Å²) in [5, 5.41) is 22.2. The molecule has 0 bridgehead atoms. The largest absolute Gasteiger partial charge is 0.498 e. The zero-order chi connectivity index (χ0) is 32.0. The Bertz CT molecular complexity index is 1480. The van der Waals surface area contributed by atoms with Gasteiger partial charge in [-0.2, -0.15) is 20.5 Å². The molecule has 4 rings (SSSR count). The molecule has 0 aliphatic heterocycles. The summed E-state index contributed by atoms with van der Waals surface area (Å²) in [7, 11) is 5.87. The van der Waals surface area contributed by atoms with Crippen molar-refractivity contribution in [3.05, 3.63) is 102 Å². The average Bonchev–Trinajstić information content (AvgIpc) is 3.03. The first kappa shape index (κ1) is 33.3. The fraction of sp³-hybridized carbons (Fsp3) is 0.250. The highest BCUT2D eigenvalue weighted by Gasteiger charge is 2.44. The van der Waals surface area contributed by atoms with Crippen molar-refractivity contribution >= 4 is 34.6 Å². The van der Waals surface area contributed by atoms with Gasteiger partial charge in [0.15, 0.2) is 6.04 Å². The Kier molecular flexibility index (Phi) is 12.4. The third-order valence-electron chi connectivity index (χ3n) is 6.07. The van der Waals surface area contributed by atoms with Crippen LogP contribution in [0.4, 0.5) is 22.7 Å². The van der Waals surface area contributed by atoms with Crippen molar-refractivity contribution in [3.8, 4) is 5.75 Å². The Balaban J connectivity index is 0.000000312. The highest BCUT2D eigenvalue weighted by molar-refractivity contribution is 5.89. The summed E-state index contributed by atoms with van der Waals surface area (Å²) >= 11 is 0. The van der Waals surface area contributed by atoms with Crippen LogP contribution in [-0.2, 0) is 23.8 Å². The van der Waals surface area contributed by atoms with Crippen LogP contribution in [0.3, 0.4) is 0 Å². The van der Waals surface area contributed by atoms with Gasteiger partial charge in [-0.25, -0.2) is 0 Å². The second kappa shape index (κ2) is 16.4. The number of azo groups is 2. The Morgan fingerprint density at radius 1 is 0.727 bits per heavy atom. The fourth-order valence-corrected chi connectivity index (χ4v) is 4.04. The van der Waals surface area contributed by atoms with E-state index in [2.05, 4.69) is 31.1 Å². The van der Waals surface area contributed by atoms with Crippen LogP contribution in [0.15, 0.2) is 123 Å². The quantitative estimate of drug-likeness (QED) is 0.194. The predicted molar refractivity (Wildman–Crippen MR) is 166 cm³/mol. The lowest BCUT2D eigenvalue weighted by molar-refractivity contribution is -0.184. The minimum absolute atomic E-state index is 0.199. The Hall–Kier alpha value is -5.20. The minimum atomic E-state index is -1.36. The maximum atomic E-state index is 11.5. The van der Waals surface area contributed by atoms with Crippen LogP contribution in [-0.4, -0.2) is 52.1 Å². The van der Waals surface area contributed by atoms with Gasteiger partial charge >= 0.3 is 0 Å². The van der Waals surface area contributed by atoms with Crippen molar-refractivity contribution in [1.82, 2.24) is 5.32 Å². The molecule has 12 heteroatoms. The third-order valence-corrected chi connectivity index (χ3v) is 6.07. The number of hydrogen-bond donors (Lipinski definition) is 2. The van der Waals surface area contributed by atoms with Gasteiger partial charge in [0, 0.05) is 57.7 Å². The molecule has 1 unspecified atom stereocenters. The number of carbonyl (C=O) groups is 2. The van der Waals surface area contributed by atoms with Crippen LogP contribution in [0.2, 0.25) is 0 Å². The van der Waals surface area contributed by atoms with E-state index in [4.69, 9.17) is 18.9 Å². The predicted octanol–water partition coefficient (Wildman–Crippen LogP) is 6.76. The standard InChI is InChI=1S/C20H26N4O6.C12H10N2/c1-12(25)21-14-7-8-16(17(9-14)27-3)23-24-19-18(28-4)10-15(22-13(2)26)11-20(19,29-5)30-6;1-3-7-11(8-4-1)13-14-12-9-5-2-6-10-12/h7-11,19H,1-6H3,(H,21,25)(H,22,26);1-10H. The molecule has 3 aromatic rings. The van der Waals surface area contributed by atoms with Gasteiger partial charge in [-0.3, -0.25) is 9.59 Å². The van der Waals surface area contributed by atoms with Gasteiger partial charge in [0.2, 0.25) is 17.6 Å². The minimum Gasteiger partial charge on any atom is -0.498 e. The third kappa shape index (κ3) is 9.41. The van der Waals surface area contributed by atoms with Crippen molar-refractivity contribution < 1.29 is 28.5 Å². The van der Waals surface area contributed by atoms with Crippen molar-refractivity contribution in [3.63, 3.8) is 0 Å². The molecule has 0 fully saturated rings. The molecule has 44 heavy (non-hydrogen) atoms. The number of benzene rings is 3. The zero-order valence-electron chi connectivity index (χ0n) is 25.5. The summed E-state index contributed by atoms with van der Waals surface area (Å²) in [5.41, 5.74) is 3.19. The van der Waals surface area contributed by atoms with Gasteiger partial charge in [0.1, 0.15) is 17.2 Å². The molecule has 0 spiro atoms. The van der Waals surface area contributed by atoms with Crippen molar-refractivity contribution in [2.24, 2.45) is 20.5 Å². The van der Waals surface area contributed by atoms with E-state index < -0.39 is 11.8 Å². The highest BCUT2D eigenvalue weighted by Crippen LogP contribution is 2.36. The average molecular weight is 601 g/mol. The van der Waals surface area contributed by atoms with Gasteiger partial charge in [-0.05, 0) is 36.4 Å².